The van der Waals surface area contributed by atoms with Crippen LogP contribution in [0.25, 0.3) is 0 Å². The fourth-order valence-corrected chi connectivity index (χ4v) is 1.87. The van der Waals surface area contributed by atoms with Crippen LogP contribution in [0.15, 0.2) is 12.3 Å². The molecule has 5 heteroatoms. The van der Waals surface area contributed by atoms with Gasteiger partial charge in [0.1, 0.15) is 11.4 Å². The van der Waals surface area contributed by atoms with E-state index in [0.29, 0.717) is 24.4 Å². The third-order valence-corrected chi connectivity index (χ3v) is 2.62. The molecule has 2 rings (SSSR count). The molecule has 0 saturated carbocycles. The largest absolute Gasteiger partial charge is 0.462 e. The average molecular weight is 222 g/mol. The van der Waals surface area contributed by atoms with Gasteiger partial charge in [-0.1, -0.05) is 0 Å². The number of nitrogens with zero attached hydrogens (tertiary/aromatic N) is 1. The summed E-state index contributed by atoms with van der Waals surface area (Å²) < 4.78 is 6.80. The van der Waals surface area contributed by atoms with Crippen LogP contribution in [0.5, 0.6) is 0 Å². The topological polar surface area (TPSA) is 60.3 Å². The van der Waals surface area contributed by atoms with Gasteiger partial charge >= 0.3 is 5.97 Å². The lowest BCUT2D eigenvalue weighted by Gasteiger charge is -2.23. The van der Waals surface area contributed by atoms with Crippen molar-refractivity contribution in [3.05, 3.63) is 17.8 Å². The van der Waals surface area contributed by atoms with Crippen molar-refractivity contribution in [3.63, 3.8) is 0 Å². The molecule has 1 N–H and O–H groups in total. The van der Waals surface area contributed by atoms with Gasteiger partial charge in [0.25, 0.3) is 0 Å². The Morgan fingerprint density at radius 2 is 2.44 bits per heavy atom. The van der Waals surface area contributed by atoms with Crippen LogP contribution in [0.2, 0.25) is 0 Å². The van der Waals surface area contributed by atoms with Gasteiger partial charge in [-0.3, -0.25) is 4.79 Å². The summed E-state index contributed by atoms with van der Waals surface area (Å²) in [5.41, 5.74) is 0.418. The van der Waals surface area contributed by atoms with Gasteiger partial charge in [0, 0.05) is 18.7 Å². The minimum atomic E-state index is -0.398. The van der Waals surface area contributed by atoms with Crippen molar-refractivity contribution < 1.29 is 14.3 Å². The third-order valence-electron chi connectivity index (χ3n) is 2.62. The zero-order valence-electron chi connectivity index (χ0n) is 9.32. The number of anilines is 1. The molecule has 2 heterocycles. The lowest BCUT2D eigenvalue weighted by molar-refractivity contribution is -0.117. The molecule has 0 aliphatic carbocycles. The van der Waals surface area contributed by atoms with Gasteiger partial charge in [0.05, 0.1) is 6.61 Å². The lowest BCUT2D eigenvalue weighted by Crippen LogP contribution is -2.26. The minimum Gasteiger partial charge on any atom is -0.462 e. The van der Waals surface area contributed by atoms with E-state index in [9.17, 15) is 9.59 Å². The Kier molecular flexibility index (Phi) is 2.68. The Morgan fingerprint density at radius 3 is 3.12 bits per heavy atom. The highest BCUT2D eigenvalue weighted by Gasteiger charge is 2.26. The lowest BCUT2D eigenvalue weighted by atomic mass is 10.2. The van der Waals surface area contributed by atoms with Crippen LogP contribution in [-0.2, 0) is 9.53 Å². The van der Waals surface area contributed by atoms with E-state index in [2.05, 4.69) is 5.32 Å². The number of hydrogen-bond donors (Lipinski definition) is 1. The first kappa shape index (κ1) is 10.7. The molecule has 5 nitrogen and oxygen atoms in total. The first-order chi connectivity index (χ1) is 7.63. The van der Waals surface area contributed by atoms with E-state index < -0.39 is 5.97 Å². The molecule has 16 heavy (non-hydrogen) atoms. The highest BCUT2D eigenvalue weighted by atomic mass is 16.5. The van der Waals surface area contributed by atoms with Crippen molar-refractivity contribution in [3.8, 4) is 0 Å². The Hall–Kier alpha value is -1.78. The van der Waals surface area contributed by atoms with E-state index in [4.69, 9.17) is 4.74 Å². The van der Waals surface area contributed by atoms with Crippen molar-refractivity contribution in [2.24, 2.45) is 0 Å². The predicted molar refractivity (Wildman–Crippen MR) is 58.3 cm³/mol. The molecule has 0 saturated heterocycles. The van der Waals surface area contributed by atoms with Gasteiger partial charge in [-0.05, 0) is 19.9 Å². The van der Waals surface area contributed by atoms with E-state index in [1.807, 2.05) is 11.5 Å². The van der Waals surface area contributed by atoms with Crippen LogP contribution in [0, 0.1) is 0 Å². The molecule has 0 fully saturated rings. The Balaban J connectivity index is 2.36. The molecule has 1 aliphatic heterocycles. The smallest absolute Gasteiger partial charge is 0.341 e. The summed E-state index contributed by atoms with van der Waals surface area (Å²) in [7, 11) is 0. The molecule has 0 spiro atoms. The molecule has 1 aromatic rings. The van der Waals surface area contributed by atoms with Gasteiger partial charge in [-0.2, -0.15) is 0 Å². The number of esters is 1. The summed E-state index contributed by atoms with van der Waals surface area (Å²) in [6, 6.07) is 1.75. The van der Waals surface area contributed by atoms with Crippen molar-refractivity contribution in [1.29, 1.82) is 0 Å². The van der Waals surface area contributed by atoms with Crippen LogP contribution in [0.1, 0.15) is 36.7 Å². The molecule has 0 radical (unpaired) electrons. The maximum absolute atomic E-state index is 11.6. The fourth-order valence-electron chi connectivity index (χ4n) is 1.87. The van der Waals surface area contributed by atoms with Gasteiger partial charge in [0.2, 0.25) is 5.91 Å². The molecular weight excluding hydrogens is 208 g/mol. The molecule has 0 bridgehead atoms. The number of aromatic nitrogens is 1. The molecule has 1 aliphatic rings. The van der Waals surface area contributed by atoms with Crippen molar-refractivity contribution in [2.45, 2.75) is 26.3 Å². The van der Waals surface area contributed by atoms with Crippen LogP contribution < -0.4 is 5.32 Å². The number of carbonyl (C=O) groups excluding carboxylic acids is 2. The number of rotatable bonds is 2. The van der Waals surface area contributed by atoms with Crippen molar-refractivity contribution in [1.82, 2.24) is 4.57 Å². The van der Waals surface area contributed by atoms with Crippen LogP contribution in [-0.4, -0.2) is 23.1 Å². The van der Waals surface area contributed by atoms with Crippen LogP contribution in [0.3, 0.4) is 0 Å². The number of hydrogen-bond acceptors (Lipinski definition) is 3. The highest BCUT2D eigenvalue weighted by molar-refractivity contribution is 6.01. The third kappa shape index (κ3) is 1.68. The summed E-state index contributed by atoms with van der Waals surface area (Å²) in [5, 5.41) is 2.70. The summed E-state index contributed by atoms with van der Waals surface area (Å²) in [6.07, 6.45) is 2.23. The van der Waals surface area contributed by atoms with Gasteiger partial charge in [0.15, 0.2) is 0 Å². The number of ether oxygens (including phenoxy) is 1. The first-order valence-corrected chi connectivity index (χ1v) is 5.31. The number of fused-ring (bicyclic) bond motifs is 1. The summed E-state index contributed by atoms with van der Waals surface area (Å²) in [5.74, 6) is 0.0806. The standard InChI is InChI=1S/C11H14N2O3/c1-3-16-11(15)8-4-5-13-7(2)6-9(14)12-10(8)13/h4-5,7H,3,6H2,1-2H3,(H,12,14). The quantitative estimate of drug-likeness (QED) is 0.772. The SMILES string of the molecule is CCOC(=O)c1ccn2c1NC(=O)CC2C. The molecule has 1 amide bonds. The van der Waals surface area contributed by atoms with Crippen LogP contribution in [0.4, 0.5) is 5.82 Å². The van der Waals surface area contributed by atoms with Crippen molar-refractivity contribution in [2.75, 3.05) is 11.9 Å². The highest BCUT2D eigenvalue weighted by Crippen LogP contribution is 2.28. The van der Waals surface area contributed by atoms with Gasteiger partial charge < -0.3 is 14.6 Å². The van der Waals surface area contributed by atoms with E-state index in [1.54, 1.807) is 19.2 Å². The first-order valence-electron chi connectivity index (χ1n) is 5.31. The molecule has 1 atom stereocenters. The fraction of sp³-hybridized carbons (Fsp3) is 0.455. The second-order valence-corrected chi connectivity index (χ2v) is 3.81. The maximum atomic E-state index is 11.6. The van der Waals surface area contributed by atoms with E-state index in [-0.39, 0.29) is 11.9 Å². The molecule has 1 unspecified atom stereocenters. The maximum Gasteiger partial charge on any atom is 0.341 e. The number of nitrogens with one attached hydrogen (secondary N) is 1. The van der Waals surface area contributed by atoms with Crippen LogP contribution >= 0.6 is 0 Å². The zero-order valence-corrected chi connectivity index (χ0v) is 9.32. The Labute approximate surface area is 93.4 Å². The Bertz CT molecular complexity index is 436. The monoisotopic (exact) mass is 222 g/mol. The number of amides is 1. The summed E-state index contributed by atoms with van der Waals surface area (Å²) in [4.78, 5) is 23.0. The van der Waals surface area contributed by atoms with Crippen molar-refractivity contribution >= 4 is 17.7 Å². The zero-order chi connectivity index (χ0) is 11.7. The normalized spacial score (nSPS) is 18.9. The van der Waals surface area contributed by atoms with E-state index >= 15 is 0 Å². The Morgan fingerprint density at radius 1 is 1.69 bits per heavy atom. The summed E-state index contributed by atoms with van der Waals surface area (Å²) >= 11 is 0. The molecule has 0 aromatic carbocycles. The van der Waals surface area contributed by atoms with E-state index in [1.165, 1.54) is 0 Å². The minimum absolute atomic E-state index is 0.0655. The summed E-state index contributed by atoms with van der Waals surface area (Å²) in [6.45, 7) is 4.02. The molecule has 1 aromatic heterocycles. The number of carbonyl (C=O) groups is 2. The molecule has 86 valence electrons. The van der Waals surface area contributed by atoms with Gasteiger partial charge in [-0.15, -0.1) is 0 Å². The average Bonchev–Trinajstić information content (AvgIpc) is 2.61. The second kappa shape index (κ2) is 4.00. The van der Waals surface area contributed by atoms with Gasteiger partial charge in [-0.25, -0.2) is 4.79 Å². The van der Waals surface area contributed by atoms with E-state index in [0.717, 1.165) is 0 Å². The predicted octanol–water partition coefficient (Wildman–Crippen LogP) is 1.57. The second-order valence-electron chi connectivity index (χ2n) is 3.81. The molecular formula is C11H14N2O3.